The van der Waals surface area contributed by atoms with Gasteiger partial charge in [0.1, 0.15) is 0 Å². The first-order chi connectivity index (χ1) is 8.19. The van der Waals surface area contributed by atoms with Crippen LogP contribution in [0.2, 0.25) is 0 Å². The molecule has 1 heterocycles. The topological polar surface area (TPSA) is 24.5 Å². The van der Waals surface area contributed by atoms with E-state index in [1.165, 1.54) is 7.11 Å². The molecule has 0 saturated carbocycles. The first-order valence-electron chi connectivity index (χ1n) is 5.97. The molecule has 1 atom stereocenters. The van der Waals surface area contributed by atoms with Gasteiger partial charge in [-0.15, -0.1) is 0 Å². The maximum atomic E-state index is 13.5. The van der Waals surface area contributed by atoms with Gasteiger partial charge in [0.2, 0.25) is 0 Å². The van der Waals surface area contributed by atoms with Gasteiger partial charge in [0.25, 0.3) is 0 Å². The van der Waals surface area contributed by atoms with Crippen LogP contribution in [0.1, 0.15) is 12.5 Å². The third-order valence-electron chi connectivity index (χ3n) is 3.08. The van der Waals surface area contributed by atoms with Crippen LogP contribution >= 0.6 is 0 Å². The molecule has 0 radical (unpaired) electrons. The Kier molecular flexibility index (Phi) is 3.97. The molecule has 1 saturated heterocycles. The van der Waals surface area contributed by atoms with Crippen LogP contribution in [-0.2, 0) is 6.54 Å². The highest BCUT2D eigenvalue weighted by molar-refractivity contribution is 5.29. The molecule has 1 aliphatic rings. The average Bonchev–Trinajstić information content (AvgIpc) is 2.29. The molecule has 1 aromatic rings. The standard InChI is InChI=1S/C13H19FN2O/c1-10-8-16(6-5-15-10)9-11-3-4-13(17-2)12(14)7-11/h3-4,7,10,15H,5-6,8-9H2,1-2H3/t10-/m0/s1. The normalized spacial score (nSPS) is 21.5. The van der Waals surface area contributed by atoms with Crippen molar-refractivity contribution in [1.29, 1.82) is 0 Å². The molecule has 1 fully saturated rings. The predicted octanol–water partition coefficient (Wildman–Crippen LogP) is 1.63. The van der Waals surface area contributed by atoms with Crippen molar-refractivity contribution in [3.8, 4) is 5.75 Å². The fraction of sp³-hybridized carbons (Fsp3) is 0.538. The lowest BCUT2D eigenvalue weighted by molar-refractivity contribution is 0.199. The van der Waals surface area contributed by atoms with Gasteiger partial charge in [0.05, 0.1) is 7.11 Å². The van der Waals surface area contributed by atoms with E-state index < -0.39 is 0 Å². The summed E-state index contributed by atoms with van der Waals surface area (Å²) < 4.78 is 18.4. The van der Waals surface area contributed by atoms with Crippen molar-refractivity contribution in [3.05, 3.63) is 29.6 Å². The van der Waals surface area contributed by atoms with E-state index in [0.29, 0.717) is 11.8 Å². The number of nitrogens with one attached hydrogen (secondary N) is 1. The quantitative estimate of drug-likeness (QED) is 0.866. The van der Waals surface area contributed by atoms with Gasteiger partial charge in [-0.2, -0.15) is 0 Å². The minimum absolute atomic E-state index is 0.284. The molecule has 1 aromatic carbocycles. The van der Waals surface area contributed by atoms with E-state index in [1.807, 2.05) is 6.07 Å². The lowest BCUT2D eigenvalue weighted by Crippen LogP contribution is -2.48. The van der Waals surface area contributed by atoms with Gasteiger partial charge in [-0.25, -0.2) is 4.39 Å². The first kappa shape index (κ1) is 12.3. The maximum Gasteiger partial charge on any atom is 0.165 e. The van der Waals surface area contributed by atoms with Crippen LogP contribution in [0.4, 0.5) is 4.39 Å². The van der Waals surface area contributed by atoms with E-state index in [1.54, 1.807) is 12.1 Å². The van der Waals surface area contributed by atoms with Crippen LogP contribution in [0.15, 0.2) is 18.2 Å². The van der Waals surface area contributed by atoms with Crippen molar-refractivity contribution in [3.63, 3.8) is 0 Å². The largest absolute Gasteiger partial charge is 0.494 e. The number of hydrogen-bond donors (Lipinski definition) is 1. The van der Waals surface area contributed by atoms with Crippen molar-refractivity contribution in [2.45, 2.75) is 19.5 Å². The fourth-order valence-electron chi connectivity index (χ4n) is 2.22. The van der Waals surface area contributed by atoms with Crippen molar-refractivity contribution in [2.24, 2.45) is 0 Å². The smallest absolute Gasteiger partial charge is 0.165 e. The summed E-state index contributed by atoms with van der Waals surface area (Å²) >= 11 is 0. The number of rotatable bonds is 3. The summed E-state index contributed by atoms with van der Waals surface area (Å²) in [7, 11) is 1.48. The molecule has 1 N–H and O–H groups in total. The van der Waals surface area contributed by atoms with Crippen LogP contribution in [-0.4, -0.2) is 37.7 Å². The molecular weight excluding hydrogens is 219 g/mol. The van der Waals surface area contributed by atoms with Crippen LogP contribution in [0.3, 0.4) is 0 Å². The highest BCUT2D eigenvalue weighted by atomic mass is 19.1. The summed E-state index contributed by atoms with van der Waals surface area (Å²) in [6.45, 7) is 5.99. The van der Waals surface area contributed by atoms with Gasteiger partial charge in [0, 0.05) is 32.2 Å². The Morgan fingerprint density at radius 3 is 3.00 bits per heavy atom. The third kappa shape index (κ3) is 3.17. The van der Waals surface area contributed by atoms with Crippen LogP contribution in [0.25, 0.3) is 0 Å². The molecule has 17 heavy (non-hydrogen) atoms. The second-order valence-corrected chi connectivity index (χ2v) is 4.56. The van der Waals surface area contributed by atoms with E-state index in [0.717, 1.165) is 31.7 Å². The Morgan fingerprint density at radius 2 is 2.35 bits per heavy atom. The Balaban J connectivity index is 2.00. The van der Waals surface area contributed by atoms with Gasteiger partial charge < -0.3 is 10.1 Å². The Hall–Kier alpha value is -1.13. The van der Waals surface area contributed by atoms with E-state index in [4.69, 9.17) is 4.74 Å². The summed E-state index contributed by atoms with van der Waals surface area (Å²) in [5.74, 6) is 0.0237. The minimum atomic E-state index is -0.284. The molecule has 0 amide bonds. The number of benzene rings is 1. The summed E-state index contributed by atoms with van der Waals surface area (Å²) in [6, 6.07) is 5.68. The predicted molar refractivity (Wildman–Crippen MR) is 65.7 cm³/mol. The van der Waals surface area contributed by atoms with Crippen LogP contribution in [0.5, 0.6) is 5.75 Å². The van der Waals surface area contributed by atoms with Crippen LogP contribution in [0, 0.1) is 5.82 Å². The number of hydrogen-bond acceptors (Lipinski definition) is 3. The molecular formula is C13H19FN2O. The average molecular weight is 238 g/mol. The number of halogens is 1. The van der Waals surface area contributed by atoms with Gasteiger partial charge in [-0.05, 0) is 24.6 Å². The highest BCUT2D eigenvalue weighted by Gasteiger charge is 2.16. The molecule has 4 heteroatoms. The lowest BCUT2D eigenvalue weighted by Gasteiger charge is -2.31. The molecule has 94 valence electrons. The van der Waals surface area contributed by atoms with Gasteiger partial charge in [-0.1, -0.05) is 6.07 Å². The van der Waals surface area contributed by atoms with Crippen LogP contribution < -0.4 is 10.1 Å². The van der Waals surface area contributed by atoms with E-state index in [-0.39, 0.29) is 5.82 Å². The second-order valence-electron chi connectivity index (χ2n) is 4.56. The van der Waals surface area contributed by atoms with Crippen molar-refractivity contribution in [2.75, 3.05) is 26.7 Å². The van der Waals surface area contributed by atoms with E-state index in [2.05, 4.69) is 17.1 Å². The molecule has 0 aromatic heterocycles. The number of nitrogens with zero attached hydrogens (tertiary/aromatic N) is 1. The number of ether oxygens (including phenoxy) is 1. The molecule has 3 nitrogen and oxygen atoms in total. The summed E-state index contributed by atoms with van der Waals surface area (Å²) in [6.07, 6.45) is 0. The zero-order valence-corrected chi connectivity index (χ0v) is 10.4. The summed E-state index contributed by atoms with van der Waals surface area (Å²) in [5.41, 5.74) is 0.998. The van der Waals surface area contributed by atoms with E-state index >= 15 is 0 Å². The van der Waals surface area contributed by atoms with Gasteiger partial charge in [-0.3, -0.25) is 4.90 Å². The van der Waals surface area contributed by atoms with Gasteiger partial charge in [0.15, 0.2) is 11.6 Å². The molecule has 2 rings (SSSR count). The summed E-state index contributed by atoms with van der Waals surface area (Å²) in [5, 5.41) is 3.39. The van der Waals surface area contributed by atoms with Gasteiger partial charge >= 0.3 is 0 Å². The molecule has 0 spiro atoms. The van der Waals surface area contributed by atoms with Crippen molar-refractivity contribution in [1.82, 2.24) is 10.2 Å². The third-order valence-corrected chi connectivity index (χ3v) is 3.08. The molecule has 0 aliphatic carbocycles. The monoisotopic (exact) mass is 238 g/mol. The minimum Gasteiger partial charge on any atom is -0.494 e. The lowest BCUT2D eigenvalue weighted by atomic mass is 10.1. The number of piperazine rings is 1. The van der Waals surface area contributed by atoms with Crippen molar-refractivity contribution < 1.29 is 9.13 Å². The summed E-state index contributed by atoms with van der Waals surface area (Å²) in [4.78, 5) is 2.34. The fourth-order valence-corrected chi connectivity index (χ4v) is 2.22. The molecule has 0 bridgehead atoms. The highest BCUT2D eigenvalue weighted by Crippen LogP contribution is 2.18. The molecule has 0 unspecified atom stereocenters. The number of methoxy groups -OCH3 is 1. The first-order valence-corrected chi connectivity index (χ1v) is 5.97. The Morgan fingerprint density at radius 1 is 1.53 bits per heavy atom. The Bertz CT molecular complexity index is 384. The van der Waals surface area contributed by atoms with E-state index in [9.17, 15) is 4.39 Å². The Labute approximate surface area is 102 Å². The SMILES string of the molecule is COc1ccc(CN2CCN[C@@H](C)C2)cc1F. The maximum absolute atomic E-state index is 13.5. The molecule has 1 aliphatic heterocycles. The zero-order chi connectivity index (χ0) is 12.3. The second kappa shape index (κ2) is 5.47. The zero-order valence-electron chi connectivity index (χ0n) is 10.4. The van der Waals surface area contributed by atoms with Crippen molar-refractivity contribution >= 4 is 0 Å².